The van der Waals surface area contributed by atoms with E-state index in [1.165, 1.54) is 37.1 Å². The zero-order chi connectivity index (χ0) is 23.8. The number of hydrogen-bond donors (Lipinski definition) is 1. The number of amides is 1. The van der Waals surface area contributed by atoms with Crippen LogP contribution in [0, 0.1) is 18.6 Å². The summed E-state index contributed by atoms with van der Waals surface area (Å²) in [5.41, 5.74) is 0.817. The second-order valence-electron chi connectivity index (χ2n) is 8.94. The van der Waals surface area contributed by atoms with Crippen LogP contribution in [0.4, 0.5) is 8.78 Å². The summed E-state index contributed by atoms with van der Waals surface area (Å²) in [4.78, 5) is 20.0. The molecule has 0 unspecified atom stereocenters. The number of aryl methyl sites for hydroxylation is 1. The Balaban J connectivity index is 1.58. The number of carbonyl (C=O) groups excluding carboxylic acids is 1. The molecule has 6 nitrogen and oxygen atoms in total. The Bertz CT molecular complexity index is 1170. The van der Waals surface area contributed by atoms with Crippen LogP contribution in [0.2, 0.25) is 5.02 Å². The van der Waals surface area contributed by atoms with Crippen molar-refractivity contribution in [2.75, 3.05) is 19.6 Å². The van der Waals surface area contributed by atoms with Crippen molar-refractivity contribution in [3.63, 3.8) is 0 Å². The lowest BCUT2D eigenvalue weighted by molar-refractivity contribution is 0.0895. The first-order chi connectivity index (χ1) is 15.7. The quantitative estimate of drug-likeness (QED) is 0.534. The number of likely N-dealkylation sites (tertiary alicyclic amines) is 1. The minimum atomic E-state index is -0.701. The van der Waals surface area contributed by atoms with E-state index >= 15 is 0 Å². The van der Waals surface area contributed by atoms with Gasteiger partial charge in [0.05, 0.1) is 16.3 Å². The van der Waals surface area contributed by atoms with Gasteiger partial charge in [-0.05, 0) is 58.8 Å². The minimum absolute atomic E-state index is 0.170. The Labute approximate surface area is 196 Å². The van der Waals surface area contributed by atoms with E-state index in [2.05, 4.69) is 29.0 Å². The molecule has 0 spiro atoms. The lowest BCUT2D eigenvalue weighted by Crippen LogP contribution is -2.50. The van der Waals surface area contributed by atoms with Crippen molar-refractivity contribution >= 4 is 23.2 Å². The van der Waals surface area contributed by atoms with Crippen molar-refractivity contribution < 1.29 is 18.3 Å². The monoisotopic (exact) mass is 476 g/mol. The van der Waals surface area contributed by atoms with E-state index in [4.69, 9.17) is 16.3 Å². The third-order valence-corrected chi connectivity index (χ3v) is 6.33. The van der Waals surface area contributed by atoms with Gasteiger partial charge in [-0.2, -0.15) is 0 Å². The van der Waals surface area contributed by atoms with Crippen LogP contribution in [0.15, 0.2) is 30.5 Å². The Morgan fingerprint density at radius 2 is 1.91 bits per heavy atom. The number of aromatic nitrogens is 2. The van der Waals surface area contributed by atoms with Crippen LogP contribution in [-0.4, -0.2) is 45.4 Å². The van der Waals surface area contributed by atoms with E-state index in [9.17, 15) is 13.6 Å². The third kappa shape index (κ3) is 4.82. The lowest BCUT2D eigenvalue weighted by atomic mass is 10.0. The number of ether oxygens (including phenoxy) is 1. The maximum absolute atomic E-state index is 14.0. The average molecular weight is 477 g/mol. The number of rotatable bonds is 7. The first-order valence-electron chi connectivity index (χ1n) is 10.9. The molecule has 0 atom stereocenters. The molecule has 0 bridgehead atoms. The fourth-order valence-electron chi connectivity index (χ4n) is 4.21. The number of hydrogen-bond acceptors (Lipinski definition) is 4. The molecule has 4 rings (SSSR count). The largest absolute Gasteiger partial charge is 0.485 e. The van der Waals surface area contributed by atoms with Gasteiger partial charge in [0.1, 0.15) is 23.9 Å². The predicted octanol–water partition coefficient (Wildman–Crippen LogP) is 4.76. The molecule has 1 aromatic carbocycles. The fraction of sp³-hybridized carbons (Fsp3) is 0.417. The lowest BCUT2D eigenvalue weighted by Gasteiger charge is -2.35. The molecular formula is C24H27ClF2N4O2. The minimum Gasteiger partial charge on any atom is -0.485 e. The second kappa shape index (κ2) is 9.27. The van der Waals surface area contributed by atoms with Crippen LogP contribution in [0.5, 0.6) is 5.75 Å². The van der Waals surface area contributed by atoms with Crippen molar-refractivity contribution in [3.8, 4) is 5.75 Å². The highest BCUT2D eigenvalue weighted by atomic mass is 35.5. The molecule has 1 N–H and O–H groups in total. The van der Waals surface area contributed by atoms with Gasteiger partial charge in [-0.1, -0.05) is 17.7 Å². The molecule has 1 saturated heterocycles. The molecule has 1 aliphatic heterocycles. The number of imidazole rings is 1. The van der Waals surface area contributed by atoms with E-state index in [1.54, 1.807) is 17.5 Å². The van der Waals surface area contributed by atoms with E-state index in [0.29, 0.717) is 28.6 Å². The van der Waals surface area contributed by atoms with Gasteiger partial charge < -0.3 is 10.1 Å². The standard InChI is InChI=1S/C24H27ClF2N4O2/c1-15-21(23(32)28-14-24(2,3)30-9-4-5-10-30)31-12-16(25)11-20(22(31)29-15)33-13-17-18(26)7-6-8-19(17)27/h6-8,11-12H,4-5,9-10,13-14H2,1-3H3,(H,28,32). The summed E-state index contributed by atoms with van der Waals surface area (Å²) in [6.07, 6.45) is 3.91. The summed E-state index contributed by atoms with van der Waals surface area (Å²) in [6.45, 7) is 8.14. The van der Waals surface area contributed by atoms with Crippen molar-refractivity contribution in [1.82, 2.24) is 19.6 Å². The van der Waals surface area contributed by atoms with Crippen molar-refractivity contribution in [2.45, 2.75) is 45.8 Å². The summed E-state index contributed by atoms with van der Waals surface area (Å²) in [6, 6.07) is 5.14. The first kappa shape index (κ1) is 23.4. The Morgan fingerprint density at radius 1 is 1.24 bits per heavy atom. The maximum Gasteiger partial charge on any atom is 0.270 e. The normalized spacial score (nSPS) is 14.7. The predicted molar refractivity (Wildman–Crippen MR) is 123 cm³/mol. The highest BCUT2D eigenvalue weighted by Crippen LogP contribution is 2.28. The molecule has 1 fully saturated rings. The maximum atomic E-state index is 14.0. The number of benzene rings is 1. The van der Waals surface area contributed by atoms with Crippen LogP contribution in [0.25, 0.3) is 5.65 Å². The van der Waals surface area contributed by atoms with Crippen LogP contribution in [0.3, 0.4) is 0 Å². The smallest absolute Gasteiger partial charge is 0.270 e. The molecule has 176 valence electrons. The SMILES string of the molecule is Cc1nc2c(OCc3c(F)cccc3F)cc(Cl)cn2c1C(=O)NCC(C)(C)N1CCCC1. The Hall–Kier alpha value is -2.71. The number of pyridine rings is 1. The molecule has 1 amide bonds. The molecule has 9 heteroatoms. The summed E-state index contributed by atoms with van der Waals surface area (Å²) in [7, 11) is 0. The summed E-state index contributed by atoms with van der Waals surface area (Å²) in [5, 5.41) is 3.32. The number of fused-ring (bicyclic) bond motifs is 1. The van der Waals surface area contributed by atoms with E-state index in [0.717, 1.165) is 13.1 Å². The zero-order valence-corrected chi connectivity index (χ0v) is 19.7. The molecule has 1 aliphatic rings. The van der Waals surface area contributed by atoms with Gasteiger partial charge in [0, 0.05) is 24.3 Å². The van der Waals surface area contributed by atoms with Gasteiger partial charge in [0.25, 0.3) is 5.91 Å². The van der Waals surface area contributed by atoms with E-state index in [1.807, 2.05) is 0 Å². The van der Waals surface area contributed by atoms with Crippen molar-refractivity contribution in [2.24, 2.45) is 0 Å². The number of halogens is 3. The molecular weight excluding hydrogens is 450 g/mol. The third-order valence-electron chi connectivity index (χ3n) is 6.12. The van der Waals surface area contributed by atoms with Gasteiger partial charge in [-0.3, -0.25) is 14.1 Å². The van der Waals surface area contributed by atoms with Gasteiger partial charge in [0.15, 0.2) is 11.4 Å². The fourth-order valence-corrected chi connectivity index (χ4v) is 4.41. The molecule has 0 saturated carbocycles. The van der Waals surface area contributed by atoms with Crippen LogP contribution in [0.1, 0.15) is 48.4 Å². The molecule has 33 heavy (non-hydrogen) atoms. The number of nitrogens with one attached hydrogen (secondary N) is 1. The van der Waals surface area contributed by atoms with E-state index < -0.39 is 11.6 Å². The van der Waals surface area contributed by atoms with Gasteiger partial charge >= 0.3 is 0 Å². The Morgan fingerprint density at radius 3 is 2.58 bits per heavy atom. The highest BCUT2D eigenvalue weighted by Gasteiger charge is 2.30. The van der Waals surface area contributed by atoms with Crippen LogP contribution in [-0.2, 0) is 6.61 Å². The van der Waals surface area contributed by atoms with Crippen LogP contribution >= 0.6 is 11.6 Å². The first-order valence-corrected chi connectivity index (χ1v) is 11.3. The molecule has 3 aromatic rings. The average Bonchev–Trinajstić information content (AvgIpc) is 3.40. The van der Waals surface area contributed by atoms with E-state index in [-0.39, 0.29) is 29.4 Å². The summed E-state index contributed by atoms with van der Waals surface area (Å²) >= 11 is 6.27. The van der Waals surface area contributed by atoms with Crippen molar-refractivity contribution in [3.05, 3.63) is 64.1 Å². The van der Waals surface area contributed by atoms with Gasteiger partial charge in [-0.15, -0.1) is 0 Å². The molecule has 2 aromatic heterocycles. The summed E-state index contributed by atoms with van der Waals surface area (Å²) in [5.74, 6) is -1.45. The molecule has 0 radical (unpaired) electrons. The van der Waals surface area contributed by atoms with Crippen molar-refractivity contribution in [1.29, 1.82) is 0 Å². The highest BCUT2D eigenvalue weighted by molar-refractivity contribution is 6.30. The second-order valence-corrected chi connectivity index (χ2v) is 9.38. The van der Waals surface area contributed by atoms with Gasteiger partial charge in [0.2, 0.25) is 0 Å². The van der Waals surface area contributed by atoms with Crippen LogP contribution < -0.4 is 10.1 Å². The zero-order valence-electron chi connectivity index (χ0n) is 18.9. The van der Waals surface area contributed by atoms with Gasteiger partial charge in [-0.25, -0.2) is 13.8 Å². The summed E-state index contributed by atoms with van der Waals surface area (Å²) < 4.78 is 35.2. The topological polar surface area (TPSA) is 58.9 Å². The number of carbonyl (C=O) groups is 1. The molecule has 0 aliphatic carbocycles. The Kier molecular flexibility index (Phi) is 6.59. The molecule has 3 heterocycles. The number of nitrogens with zero attached hydrogens (tertiary/aromatic N) is 3.